The van der Waals surface area contributed by atoms with Crippen molar-refractivity contribution in [3.8, 4) is 22.9 Å². The predicted molar refractivity (Wildman–Crippen MR) is 141 cm³/mol. The molecule has 1 amide bonds. The number of nitrogens with one attached hydrogen (secondary N) is 2. The molecule has 37 heavy (non-hydrogen) atoms. The molecule has 188 valence electrons. The summed E-state index contributed by atoms with van der Waals surface area (Å²) in [6.07, 6.45) is 2.61. The number of carbonyl (C=O) groups is 1. The Kier molecular flexibility index (Phi) is 7.16. The van der Waals surface area contributed by atoms with E-state index >= 15 is 0 Å². The summed E-state index contributed by atoms with van der Waals surface area (Å²) in [5, 5.41) is 8.30. The first kappa shape index (κ1) is 24.1. The highest BCUT2D eigenvalue weighted by molar-refractivity contribution is 5.84. The van der Waals surface area contributed by atoms with Gasteiger partial charge in [-0.15, -0.1) is 0 Å². The van der Waals surface area contributed by atoms with Crippen molar-refractivity contribution in [2.45, 2.75) is 18.8 Å². The van der Waals surface area contributed by atoms with E-state index in [1.165, 1.54) is 0 Å². The zero-order chi connectivity index (χ0) is 25.6. The molecule has 2 heterocycles. The Hall–Kier alpha value is -4.59. The van der Waals surface area contributed by atoms with E-state index in [2.05, 4.69) is 44.7 Å². The first-order chi connectivity index (χ1) is 18.2. The van der Waals surface area contributed by atoms with Crippen LogP contribution in [0.2, 0.25) is 0 Å². The minimum atomic E-state index is -0.0772. The number of amides is 1. The highest BCUT2D eigenvalue weighted by Crippen LogP contribution is 2.32. The van der Waals surface area contributed by atoms with E-state index in [-0.39, 0.29) is 18.2 Å². The second-order valence-corrected chi connectivity index (χ2v) is 8.64. The monoisotopic (exact) mass is 496 g/mol. The van der Waals surface area contributed by atoms with E-state index in [0.29, 0.717) is 36.2 Å². The average molecular weight is 497 g/mol. The number of hydrogen-bond acceptors (Lipinski definition) is 6. The minimum Gasteiger partial charge on any atom is -0.493 e. The van der Waals surface area contributed by atoms with Crippen LogP contribution in [0.3, 0.4) is 0 Å². The van der Waals surface area contributed by atoms with E-state index in [9.17, 15) is 4.79 Å². The molecule has 5 aromatic rings. The van der Waals surface area contributed by atoms with E-state index < -0.39 is 0 Å². The number of carbonyl (C=O) groups excluding carboxylic acids is 1. The lowest BCUT2D eigenvalue weighted by atomic mass is 9.91. The Bertz CT molecular complexity index is 1490. The molecule has 0 fully saturated rings. The number of aromatic nitrogens is 3. The van der Waals surface area contributed by atoms with E-state index in [1.807, 2.05) is 42.6 Å². The van der Waals surface area contributed by atoms with Gasteiger partial charge in [0.15, 0.2) is 11.5 Å². The van der Waals surface area contributed by atoms with Crippen LogP contribution in [0.1, 0.15) is 29.4 Å². The van der Waals surface area contributed by atoms with Gasteiger partial charge in [0.1, 0.15) is 0 Å². The molecule has 0 aliphatic rings. The molecular formula is C29H28N4O4. The van der Waals surface area contributed by atoms with Gasteiger partial charge in [-0.3, -0.25) is 4.79 Å². The maximum absolute atomic E-state index is 12.8. The Morgan fingerprint density at radius 3 is 2.59 bits per heavy atom. The second-order valence-electron chi connectivity index (χ2n) is 8.64. The van der Waals surface area contributed by atoms with Gasteiger partial charge in [0.05, 0.1) is 14.2 Å². The topological polar surface area (TPSA) is 102 Å². The number of ether oxygens (including phenoxy) is 2. The van der Waals surface area contributed by atoms with Gasteiger partial charge in [0, 0.05) is 48.0 Å². The highest BCUT2D eigenvalue weighted by Gasteiger charge is 2.19. The predicted octanol–water partition coefficient (Wildman–Crippen LogP) is 5.12. The third-order valence-electron chi connectivity index (χ3n) is 6.38. The molecule has 2 aromatic heterocycles. The number of para-hydroxylation sites is 1. The van der Waals surface area contributed by atoms with Gasteiger partial charge in [-0.05, 0) is 35.4 Å². The lowest BCUT2D eigenvalue weighted by Gasteiger charge is -2.18. The summed E-state index contributed by atoms with van der Waals surface area (Å²) in [4.78, 5) is 20.6. The number of benzene rings is 3. The summed E-state index contributed by atoms with van der Waals surface area (Å²) in [6, 6.07) is 23.8. The van der Waals surface area contributed by atoms with Gasteiger partial charge >= 0.3 is 0 Å². The Morgan fingerprint density at radius 2 is 1.78 bits per heavy atom. The van der Waals surface area contributed by atoms with Crippen LogP contribution < -0.4 is 14.8 Å². The Balaban J connectivity index is 1.24. The van der Waals surface area contributed by atoms with Gasteiger partial charge in [-0.1, -0.05) is 53.7 Å². The van der Waals surface area contributed by atoms with Gasteiger partial charge in [-0.25, -0.2) is 0 Å². The number of H-pyrrole nitrogens is 1. The fourth-order valence-electron chi connectivity index (χ4n) is 4.45. The highest BCUT2D eigenvalue weighted by atomic mass is 16.5. The molecule has 1 atom stereocenters. The molecule has 8 heteroatoms. The minimum absolute atomic E-state index is 0.0151. The second kappa shape index (κ2) is 11.0. The van der Waals surface area contributed by atoms with Crippen LogP contribution in [0.25, 0.3) is 22.3 Å². The van der Waals surface area contributed by atoms with Crippen LogP contribution in [0.4, 0.5) is 0 Å². The number of nitrogens with zero attached hydrogens (tertiary/aromatic N) is 2. The molecule has 0 aliphatic carbocycles. The lowest BCUT2D eigenvalue weighted by Crippen LogP contribution is -2.29. The number of aromatic amines is 1. The van der Waals surface area contributed by atoms with Crippen molar-refractivity contribution in [3.63, 3.8) is 0 Å². The molecule has 1 unspecified atom stereocenters. The summed E-state index contributed by atoms with van der Waals surface area (Å²) >= 11 is 0. The van der Waals surface area contributed by atoms with Gasteiger partial charge in [0.25, 0.3) is 0 Å². The average Bonchev–Trinajstić information content (AvgIpc) is 3.60. The molecule has 8 nitrogen and oxygen atoms in total. The van der Waals surface area contributed by atoms with Gasteiger partial charge in [-0.2, -0.15) is 4.98 Å². The maximum atomic E-state index is 12.8. The van der Waals surface area contributed by atoms with E-state index in [4.69, 9.17) is 14.0 Å². The van der Waals surface area contributed by atoms with Crippen LogP contribution in [-0.4, -0.2) is 41.8 Å². The Labute approximate surface area is 214 Å². The molecule has 0 bridgehead atoms. The van der Waals surface area contributed by atoms with Crippen LogP contribution >= 0.6 is 0 Å². The largest absolute Gasteiger partial charge is 0.493 e. The number of methoxy groups -OCH3 is 2. The molecule has 0 aliphatic heterocycles. The van der Waals surface area contributed by atoms with Crippen molar-refractivity contribution in [1.82, 2.24) is 20.4 Å². The van der Waals surface area contributed by atoms with Crippen LogP contribution in [0.15, 0.2) is 83.5 Å². The van der Waals surface area contributed by atoms with Crippen LogP contribution in [0, 0.1) is 0 Å². The van der Waals surface area contributed by atoms with Crippen molar-refractivity contribution < 1.29 is 18.8 Å². The fraction of sp³-hybridized carbons (Fsp3) is 0.207. The summed E-state index contributed by atoms with van der Waals surface area (Å²) < 4.78 is 16.0. The number of hydrogen-bond donors (Lipinski definition) is 2. The lowest BCUT2D eigenvalue weighted by molar-refractivity contribution is -0.121. The van der Waals surface area contributed by atoms with Crippen molar-refractivity contribution in [1.29, 1.82) is 0 Å². The zero-order valence-electron chi connectivity index (χ0n) is 20.7. The molecule has 5 rings (SSSR count). The normalized spacial score (nSPS) is 11.8. The summed E-state index contributed by atoms with van der Waals surface area (Å²) in [5.74, 6) is 1.96. The van der Waals surface area contributed by atoms with Crippen molar-refractivity contribution in [2.75, 3.05) is 20.8 Å². The van der Waals surface area contributed by atoms with Crippen molar-refractivity contribution in [3.05, 3.63) is 96.0 Å². The van der Waals surface area contributed by atoms with Gasteiger partial charge < -0.3 is 24.3 Å². The molecule has 0 spiro atoms. The smallest absolute Gasteiger partial charge is 0.227 e. The van der Waals surface area contributed by atoms with Crippen molar-refractivity contribution >= 4 is 16.8 Å². The SMILES string of the molecule is COc1ccc(-c2noc(CCC(=O)NCC(c3ccccc3)c3c[nH]c4ccccc34)n2)cc1OC. The van der Waals surface area contributed by atoms with Crippen molar-refractivity contribution in [2.24, 2.45) is 0 Å². The first-order valence-corrected chi connectivity index (χ1v) is 12.1. The molecule has 0 saturated carbocycles. The zero-order valence-corrected chi connectivity index (χ0v) is 20.7. The first-order valence-electron chi connectivity index (χ1n) is 12.1. The van der Waals surface area contributed by atoms with E-state index in [1.54, 1.807) is 26.4 Å². The molecule has 0 saturated heterocycles. The fourth-order valence-corrected chi connectivity index (χ4v) is 4.45. The number of rotatable bonds is 10. The van der Waals surface area contributed by atoms with Crippen LogP contribution in [-0.2, 0) is 11.2 Å². The third kappa shape index (κ3) is 5.33. The van der Waals surface area contributed by atoms with Gasteiger partial charge in [0.2, 0.25) is 17.6 Å². The molecular weight excluding hydrogens is 468 g/mol. The number of aryl methyl sites for hydroxylation is 1. The third-order valence-corrected chi connectivity index (χ3v) is 6.38. The molecule has 3 aromatic carbocycles. The number of fused-ring (bicyclic) bond motifs is 1. The molecule has 0 radical (unpaired) electrons. The summed E-state index contributed by atoms with van der Waals surface area (Å²) in [6.45, 7) is 0.478. The summed E-state index contributed by atoms with van der Waals surface area (Å²) in [5.41, 5.74) is 4.11. The summed E-state index contributed by atoms with van der Waals surface area (Å²) in [7, 11) is 3.15. The standard InChI is InChI=1S/C29H28N4O4/c1-35-25-13-12-20(16-26(25)36-2)29-32-28(37-33-29)15-14-27(34)31-17-22(19-8-4-3-5-9-19)23-18-30-24-11-7-6-10-21(23)24/h3-13,16,18,22,30H,14-15,17H2,1-2H3,(H,31,34). The maximum Gasteiger partial charge on any atom is 0.227 e. The Morgan fingerprint density at radius 1 is 1.00 bits per heavy atom. The van der Waals surface area contributed by atoms with E-state index in [0.717, 1.165) is 27.6 Å². The quantitative estimate of drug-likeness (QED) is 0.278. The molecule has 2 N–H and O–H groups in total. The van der Waals surface area contributed by atoms with Crippen LogP contribution in [0.5, 0.6) is 11.5 Å².